The standard InChI is InChI=1S/C16H27N3O2/c1-6-13(7-2)19-15(20)12(5)18-14-9-8-10-17-16(14)21-11(3)4/h8-13,18H,6-7H2,1-5H3,(H,19,20). The maximum atomic E-state index is 12.2. The number of nitrogens with zero attached hydrogens (tertiary/aromatic N) is 1. The number of carbonyl (C=O) groups is 1. The molecule has 5 nitrogen and oxygen atoms in total. The van der Waals surface area contributed by atoms with E-state index in [0.717, 1.165) is 18.5 Å². The molecular formula is C16H27N3O2. The van der Waals surface area contributed by atoms with Gasteiger partial charge in [-0.15, -0.1) is 0 Å². The molecule has 2 N–H and O–H groups in total. The number of anilines is 1. The van der Waals surface area contributed by atoms with Crippen LogP contribution >= 0.6 is 0 Å². The Morgan fingerprint density at radius 2 is 1.95 bits per heavy atom. The highest BCUT2D eigenvalue weighted by molar-refractivity contribution is 5.84. The molecule has 1 unspecified atom stereocenters. The van der Waals surface area contributed by atoms with E-state index in [1.807, 2.05) is 32.9 Å². The van der Waals surface area contributed by atoms with Crippen molar-refractivity contribution in [3.8, 4) is 5.88 Å². The van der Waals surface area contributed by atoms with Crippen molar-refractivity contribution in [2.45, 2.75) is 65.6 Å². The first-order chi connectivity index (χ1) is 9.97. The number of carbonyl (C=O) groups excluding carboxylic acids is 1. The summed E-state index contributed by atoms with van der Waals surface area (Å²) in [6.45, 7) is 9.87. The predicted octanol–water partition coefficient (Wildman–Crippen LogP) is 2.97. The summed E-state index contributed by atoms with van der Waals surface area (Å²) in [5.74, 6) is 0.512. The first-order valence-electron chi connectivity index (χ1n) is 7.66. The van der Waals surface area contributed by atoms with E-state index in [2.05, 4.69) is 29.5 Å². The topological polar surface area (TPSA) is 63.2 Å². The molecule has 0 radical (unpaired) electrons. The molecule has 0 saturated heterocycles. The lowest BCUT2D eigenvalue weighted by Crippen LogP contribution is -2.42. The fraction of sp³-hybridized carbons (Fsp3) is 0.625. The Balaban J connectivity index is 2.69. The van der Waals surface area contributed by atoms with E-state index in [0.29, 0.717) is 5.88 Å². The molecule has 118 valence electrons. The first kappa shape index (κ1) is 17.3. The number of nitrogens with one attached hydrogen (secondary N) is 2. The summed E-state index contributed by atoms with van der Waals surface area (Å²) in [6, 6.07) is 3.57. The molecule has 0 saturated carbocycles. The summed E-state index contributed by atoms with van der Waals surface area (Å²) < 4.78 is 5.64. The summed E-state index contributed by atoms with van der Waals surface area (Å²) in [5, 5.41) is 6.20. The fourth-order valence-corrected chi connectivity index (χ4v) is 1.94. The van der Waals surface area contributed by atoms with Crippen molar-refractivity contribution >= 4 is 11.6 Å². The van der Waals surface area contributed by atoms with Crippen molar-refractivity contribution in [3.05, 3.63) is 18.3 Å². The Morgan fingerprint density at radius 1 is 1.29 bits per heavy atom. The van der Waals surface area contributed by atoms with Gasteiger partial charge in [-0.1, -0.05) is 13.8 Å². The van der Waals surface area contributed by atoms with E-state index >= 15 is 0 Å². The van der Waals surface area contributed by atoms with Crippen LogP contribution in [0.1, 0.15) is 47.5 Å². The van der Waals surface area contributed by atoms with Gasteiger partial charge in [0.25, 0.3) is 0 Å². The number of ether oxygens (including phenoxy) is 1. The van der Waals surface area contributed by atoms with Gasteiger partial charge in [0.2, 0.25) is 11.8 Å². The van der Waals surface area contributed by atoms with Gasteiger partial charge in [-0.05, 0) is 45.7 Å². The highest BCUT2D eigenvalue weighted by atomic mass is 16.5. The maximum absolute atomic E-state index is 12.2. The normalized spacial score (nSPS) is 12.3. The minimum absolute atomic E-state index is 0.0111. The molecule has 0 spiro atoms. The first-order valence-corrected chi connectivity index (χ1v) is 7.66. The minimum atomic E-state index is -0.343. The van der Waals surface area contributed by atoms with Crippen molar-refractivity contribution in [2.75, 3.05) is 5.32 Å². The van der Waals surface area contributed by atoms with Gasteiger partial charge in [-0.3, -0.25) is 4.79 Å². The second kappa shape index (κ2) is 8.49. The molecule has 1 aromatic heterocycles. The van der Waals surface area contributed by atoms with Crippen LogP contribution in [0.2, 0.25) is 0 Å². The third kappa shape index (κ3) is 5.61. The van der Waals surface area contributed by atoms with Gasteiger partial charge < -0.3 is 15.4 Å². The summed E-state index contributed by atoms with van der Waals surface area (Å²) in [4.78, 5) is 16.4. The number of pyridine rings is 1. The molecule has 0 aliphatic heterocycles. The second-order valence-electron chi connectivity index (χ2n) is 5.41. The van der Waals surface area contributed by atoms with Crippen LogP contribution in [0.3, 0.4) is 0 Å². The van der Waals surface area contributed by atoms with Crippen LogP contribution in [0.15, 0.2) is 18.3 Å². The van der Waals surface area contributed by atoms with E-state index in [4.69, 9.17) is 4.74 Å². The van der Waals surface area contributed by atoms with E-state index in [1.165, 1.54) is 0 Å². The predicted molar refractivity (Wildman–Crippen MR) is 85.6 cm³/mol. The van der Waals surface area contributed by atoms with Crippen LogP contribution < -0.4 is 15.4 Å². The van der Waals surface area contributed by atoms with E-state index < -0.39 is 0 Å². The van der Waals surface area contributed by atoms with E-state index in [1.54, 1.807) is 6.20 Å². The molecule has 1 amide bonds. The Bertz CT molecular complexity index is 445. The Labute approximate surface area is 127 Å². The summed E-state index contributed by atoms with van der Waals surface area (Å²) in [6.07, 6.45) is 3.58. The van der Waals surface area contributed by atoms with Crippen LogP contribution in [0, 0.1) is 0 Å². The van der Waals surface area contributed by atoms with Gasteiger partial charge >= 0.3 is 0 Å². The fourth-order valence-electron chi connectivity index (χ4n) is 1.94. The zero-order valence-electron chi connectivity index (χ0n) is 13.6. The van der Waals surface area contributed by atoms with Crippen LogP contribution in [-0.4, -0.2) is 29.1 Å². The second-order valence-corrected chi connectivity index (χ2v) is 5.41. The molecule has 1 aromatic rings. The average Bonchev–Trinajstić information content (AvgIpc) is 2.45. The number of hydrogen-bond donors (Lipinski definition) is 2. The summed E-state index contributed by atoms with van der Waals surface area (Å²) in [7, 11) is 0. The number of amides is 1. The van der Waals surface area contributed by atoms with Gasteiger partial charge in [0.1, 0.15) is 6.04 Å². The summed E-state index contributed by atoms with van der Waals surface area (Å²) >= 11 is 0. The molecule has 5 heteroatoms. The van der Waals surface area contributed by atoms with Crippen LogP contribution in [0.25, 0.3) is 0 Å². The van der Waals surface area contributed by atoms with Gasteiger partial charge in [0.15, 0.2) is 0 Å². The zero-order chi connectivity index (χ0) is 15.8. The largest absolute Gasteiger partial charge is 0.473 e. The van der Waals surface area contributed by atoms with Gasteiger partial charge in [-0.2, -0.15) is 0 Å². The van der Waals surface area contributed by atoms with Crippen LogP contribution in [0.5, 0.6) is 5.88 Å². The highest BCUT2D eigenvalue weighted by Crippen LogP contribution is 2.22. The smallest absolute Gasteiger partial charge is 0.242 e. The molecule has 0 fully saturated rings. The maximum Gasteiger partial charge on any atom is 0.242 e. The van der Waals surface area contributed by atoms with E-state index in [9.17, 15) is 4.79 Å². The van der Waals surface area contributed by atoms with Gasteiger partial charge in [-0.25, -0.2) is 4.98 Å². The molecular weight excluding hydrogens is 266 g/mol. The molecule has 21 heavy (non-hydrogen) atoms. The number of hydrogen-bond acceptors (Lipinski definition) is 4. The lowest BCUT2D eigenvalue weighted by atomic mass is 10.1. The van der Waals surface area contributed by atoms with Crippen molar-refractivity contribution in [1.82, 2.24) is 10.3 Å². The lowest BCUT2D eigenvalue weighted by Gasteiger charge is -2.21. The molecule has 1 atom stereocenters. The Kier molecular flexibility index (Phi) is 6.99. The van der Waals surface area contributed by atoms with Crippen molar-refractivity contribution in [3.63, 3.8) is 0 Å². The molecule has 1 rings (SSSR count). The molecule has 1 heterocycles. The SMILES string of the molecule is CCC(CC)NC(=O)C(C)Nc1cccnc1OC(C)C. The molecule has 0 aromatic carbocycles. The van der Waals surface area contributed by atoms with Crippen molar-refractivity contribution in [1.29, 1.82) is 0 Å². The quantitative estimate of drug-likeness (QED) is 0.773. The van der Waals surface area contributed by atoms with Gasteiger partial charge in [0.05, 0.1) is 11.8 Å². The third-order valence-corrected chi connectivity index (χ3v) is 3.22. The molecule has 0 aliphatic rings. The van der Waals surface area contributed by atoms with Crippen molar-refractivity contribution in [2.24, 2.45) is 0 Å². The monoisotopic (exact) mass is 293 g/mol. The minimum Gasteiger partial charge on any atom is -0.473 e. The number of rotatable bonds is 8. The highest BCUT2D eigenvalue weighted by Gasteiger charge is 2.17. The average molecular weight is 293 g/mol. The summed E-state index contributed by atoms with van der Waals surface area (Å²) in [5.41, 5.74) is 0.735. The number of aromatic nitrogens is 1. The Hall–Kier alpha value is -1.78. The molecule has 0 aliphatic carbocycles. The zero-order valence-corrected chi connectivity index (χ0v) is 13.6. The molecule has 0 bridgehead atoms. The lowest BCUT2D eigenvalue weighted by molar-refractivity contribution is -0.122. The van der Waals surface area contributed by atoms with Crippen LogP contribution in [-0.2, 0) is 4.79 Å². The van der Waals surface area contributed by atoms with Gasteiger partial charge in [0, 0.05) is 12.2 Å². The van der Waals surface area contributed by atoms with E-state index in [-0.39, 0.29) is 24.1 Å². The van der Waals surface area contributed by atoms with Crippen LogP contribution in [0.4, 0.5) is 5.69 Å². The van der Waals surface area contributed by atoms with Crippen molar-refractivity contribution < 1.29 is 9.53 Å². The Morgan fingerprint density at radius 3 is 2.52 bits per heavy atom. The third-order valence-electron chi connectivity index (χ3n) is 3.22.